The Morgan fingerprint density at radius 1 is 0.556 bits per heavy atom. The van der Waals surface area contributed by atoms with E-state index in [-0.39, 0.29) is 0 Å². The minimum Gasteiger partial charge on any atom is -0.0979 e. The van der Waals surface area contributed by atoms with E-state index in [4.69, 9.17) is 0 Å². The zero-order chi connectivity index (χ0) is 25.3. The van der Waals surface area contributed by atoms with E-state index in [0.29, 0.717) is 0 Å². The Morgan fingerprint density at radius 2 is 1.06 bits per heavy atom. The maximum atomic E-state index is 3.32. The number of unbranched alkanes of at least 4 members (excludes halogenated alkanes) is 7. The Balaban J connectivity index is 1.34. The molecule has 0 saturated heterocycles. The third-order valence-corrected chi connectivity index (χ3v) is 7.85. The van der Waals surface area contributed by atoms with E-state index < -0.39 is 0 Å². The first-order valence-electron chi connectivity index (χ1n) is 15.0. The van der Waals surface area contributed by atoms with Crippen LogP contribution in [0.4, 0.5) is 0 Å². The van der Waals surface area contributed by atoms with Gasteiger partial charge >= 0.3 is 0 Å². The smallest absolute Gasteiger partial charge is 0.0249 e. The van der Waals surface area contributed by atoms with Gasteiger partial charge in [0.1, 0.15) is 0 Å². The summed E-state index contributed by atoms with van der Waals surface area (Å²) in [7, 11) is 0. The van der Waals surface area contributed by atoms with Crippen molar-refractivity contribution in [3.63, 3.8) is 0 Å². The molecule has 0 N–H and O–H groups in total. The zero-order valence-corrected chi connectivity index (χ0v) is 23.1. The molecule has 3 rings (SSSR count). The van der Waals surface area contributed by atoms with Crippen LogP contribution in [0.3, 0.4) is 0 Å². The molecule has 0 nitrogen and oxygen atoms in total. The lowest BCUT2D eigenvalue weighted by atomic mass is 9.77. The fourth-order valence-corrected chi connectivity index (χ4v) is 5.36. The van der Waals surface area contributed by atoms with Crippen molar-refractivity contribution in [1.82, 2.24) is 0 Å². The van der Waals surface area contributed by atoms with Crippen LogP contribution in [-0.2, 0) is 6.42 Å². The molecule has 0 spiro atoms. The monoisotopic (exact) mass is 480 g/mol. The molecule has 0 aliphatic heterocycles. The van der Waals surface area contributed by atoms with Gasteiger partial charge in [0, 0.05) is 23.1 Å². The van der Waals surface area contributed by atoms with Crippen LogP contribution in [0.2, 0.25) is 0 Å². The summed E-state index contributed by atoms with van der Waals surface area (Å²) in [5, 5.41) is 0. The third-order valence-electron chi connectivity index (χ3n) is 7.85. The summed E-state index contributed by atoms with van der Waals surface area (Å²) in [6, 6.07) is 17.2. The molecule has 0 bridgehead atoms. The van der Waals surface area contributed by atoms with Gasteiger partial charge in [-0.2, -0.15) is 0 Å². The zero-order valence-electron chi connectivity index (χ0n) is 23.1. The van der Waals surface area contributed by atoms with Gasteiger partial charge in [0.25, 0.3) is 0 Å². The SMILES string of the molecule is CCCCC#Cc1ccc(C#Cc2ccc(CC[C@H]3CC[C@H](CCCCCCCC)CC3)cc2)cc1. The van der Waals surface area contributed by atoms with Crippen molar-refractivity contribution in [1.29, 1.82) is 0 Å². The molecule has 1 aliphatic carbocycles. The van der Waals surface area contributed by atoms with Crippen LogP contribution in [0.25, 0.3) is 0 Å². The molecule has 1 fully saturated rings. The summed E-state index contributed by atoms with van der Waals surface area (Å²) >= 11 is 0. The minimum absolute atomic E-state index is 0.935. The predicted octanol–water partition coefficient (Wildman–Crippen LogP) is 10.1. The summed E-state index contributed by atoms with van der Waals surface area (Å²) in [6.45, 7) is 4.50. The van der Waals surface area contributed by atoms with E-state index in [1.807, 2.05) is 0 Å². The first-order valence-corrected chi connectivity index (χ1v) is 15.0. The molecule has 0 aromatic heterocycles. The van der Waals surface area contributed by atoms with Crippen LogP contribution in [-0.4, -0.2) is 0 Å². The van der Waals surface area contributed by atoms with Crippen LogP contribution in [0.15, 0.2) is 48.5 Å². The maximum absolute atomic E-state index is 3.32. The highest BCUT2D eigenvalue weighted by Crippen LogP contribution is 2.34. The lowest BCUT2D eigenvalue weighted by Crippen LogP contribution is -2.15. The Labute approximate surface area is 222 Å². The number of aryl methyl sites for hydroxylation is 1. The summed E-state index contributed by atoms with van der Waals surface area (Å²) in [6.07, 6.45) is 21.8. The van der Waals surface area contributed by atoms with E-state index in [1.54, 1.807) is 0 Å². The minimum atomic E-state index is 0.935. The average molecular weight is 481 g/mol. The molecule has 0 atom stereocenters. The second kappa shape index (κ2) is 17.1. The molecule has 1 saturated carbocycles. The van der Waals surface area contributed by atoms with Gasteiger partial charge in [-0.05, 0) is 73.1 Å². The molecule has 2 aromatic carbocycles. The predicted molar refractivity (Wildman–Crippen MR) is 157 cm³/mol. The maximum Gasteiger partial charge on any atom is 0.0249 e. The number of hydrogen-bond donors (Lipinski definition) is 0. The fourth-order valence-electron chi connectivity index (χ4n) is 5.36. The fraction of sp³-hybridized carbons (Fsp3) is 0.556. The standard InChI is InChI=1S/C36H48/c1-3-5-7-9-10-12-14-32-17-21-34(22-18-32)24-26-36-29-27-35(28-30-36)25-23-33-19-15-31(16-20-33)13-11-8-6-4-2/h15-16,19-20,27-30,32,34H,3-10,12,14,17-18,21-22,24,26H2,1-2H3/t32-,34-. The van der Waals surface area contributed by atoms with Crippen LogP contribution < -0.4 is 0 Å². The van der Waals surface area contributed by atoms with Gasteiger partial charge in [-0.25, -0.2) is 0 Å². The van der Waals surface area contributed by atoms with E-state index in [0.717, 1.165) is 34.9 Å². The van der Waals surface area contributed by atoms with E-state index >= 15 is 0 Å². The van der Waals surface area contributed by atoms with Gasteiger partial charge in [-0.15, -0.1) is 0 Å². The van der Waals surface area contributed by atoms with Crippen molar-refractivity contribution in [2.75, 3.05) is 0 Å². The molecular formula is C36H48. The van der Waals surface area contributed by atoms with E-state index in [1.165, 1.54) is 102 Å². The highest BCUT2D eigenvalue weighted by atomic mass is 14.3. The molecule has 0 amide bonds. The second-order valence-electron chi connectivity index (χ2n) is 10.9. The van der Waals surface area contributed by atoms with Gasteiger partial charge in [0.15, 0.2) is 0 Å². The molecule has 2 aromatic rings. The Kier molecular flexibility index (Phi) is 13.4. The number of rotatable bonds is 12. The molecule has 1 aliphatic rings. The number of hydrogen-bond acceptors (Lipinski definition) is 0. The average Bonchev–Trinajstić information content (AvgIpc) is 2.92. The lowest BCUT2D eigenvalue weighted by molar-refractivity contribution is 0.248. The Morgan fingerprint density at radius 3 is 1.67 bits per heavy atom. The lowest BCUT2D eigenvalue weighted by Gasteiger charge is -2.28. The highest BCUT2D eigenvalue weighted by Gasteiger charge is 2.20. The third kappa shape index (κ3) is 11.1. The van der Waals surface area contributed by atoms with Crippen molar-refractivity contribution in [3.05, 3.63) is 70.8 Å². The molecule has 0 heterocycles. The largest absolute Gasteiger partial charge is 0.0979 e. The molecule has 0 radical (unpaired) electrons. The second-order valence-corrected chi connectivity index (χ2v) is 10.9. The summed E-state index contributed by atoms with van der Waals surface area (Å²) in [4.78, 5) is 0. The Bertz CT molecular complexity index is 963. The van der Waals surface area contributed by atoms with E-state index in [9.17, 15) is 0 Å². The summed E-state index contributed by atoms with van der Waals surface area (Å²) in [5.41, 5.74) is 4.68. The van der Waals surface area contributed by atoms with Crippen molar-refractivity contribution < 1.29 is 0 Å². The van der Waals surface area contributed by atoms with Crippen LogP contribution in [0, 0.1) is 35.5 Å². The Hall–Kier alpha value is -2.44. The molecular weight excluding hydrogens is 432 g/mol. The van der Waals surface area contributed by atoms with Crippen molar-refractivity contribution in [3.8, 4) is 23.7 Å². The molecule has 0 heteroatoms. The molecule has 192 valence electrons. The summed E-state index contributed by atoms with van der Waals surface area (Å²) in [5.74, 6) is 15.1. The van der Waals surface area contributed by atoms with Crippen molar-refractivity contribution in [2.24, 2.45) is 11.8 Å². The van der Waals surface area contributed by atoms with Gasteiger partial charge in [-0.3, -0.25) is 0 Å². The molecule has 36 heavy (non-hydrogen) atoms. The van der Waals surface area contributed by atoms with Crippen LogP contribution in [0.5, 0.6) is 0 Å². The van der Waals surface area contributed by atoms with Gasteiger partial charge in [-0.1, -0.05) is 127 Å². The van der Waals surface area contributed by atoms with Gasteiger partial charge in [0.05, 0.1) is 0 Å². The first-order chi connectivity index (χ1) is 17.8. The first kappa shape index (κ1) is 28.1. The van der Waals surface area contributed by atoms with E-state index in [2.05, 4.69) is 86.1 Å². The van der Waals surface area contributed by atoms with Crippen LogP contribution >= 0.6 is 0 Å². The normalized spacial score (nSPS) is 17.1. The van der Waals surface area contributed by atoms with Gasteiger partial charge in [0.2, 0.25) is 0 Å². The van der Waals surface area contributed by atoms with Crippen molar-refractivity contribution in [2.45, 2.75) is 117 Å². The number of benzene rings is 2. The highest BCUT2D eigenvalue weighted by molar-refractivity contribution is 5.46. The summed E-state index contributed by atoms with van der Waals surface area (Å²) < 4.78 is 0. The van der Waals surface area contributed by atoms with Crippen LogP contribution in [0.1, 0.15) is 132 Å². The van der Waals surface area contributed by atoms with Gasteiger partial charge < -0.3 is 0 Å². The molecule has 0 unspecified atom stereocenters. The quantitative estimate of drug-likeness (QED) is 0.209. The topological polar surface area (TPSA) is 0 Å². The van der Waals surface area contributed by atoms with Crippen molar-refractivity contribution >= 4 is 0 Å².